The standard InChI is InChI=1S/C15H10O4.H2O/c16-11-7-6-10-12(17)8-13(19-15(10)14(11)18)9-4-2-1-3-5-9;/h1-8,16,18H;1H2. The van der Waals surface area contributed by atoms with Crippen LogP contribution < -0.4 is 5.43 Å². The minimum absolute atomic E-state index is 0. The van der Waals surface area contributed by atoms with Gasteiger partial charge in [-0.1, -0.05) is 30.3 Å². The van der Waals surface area contributed by atoms with Crippen molar-refractivity contribution in [1.82, 2.24) is 0 Å². The van der Waals surface area contributed by atoms with Crippen molar-refractivity contribution >= 4 is 11.0 Å². The first-order valence-electron chi connectivity index (χ1n) is 5.71. The van der Waals surface area contributed by atoms with Gasteiger partial charge in [0.15, 0.2) is 16.8 Å². The van der Waals surface area contributed by atoms with Gasteiger partial charge < -0.3 is 20.1 Å². The molecule has 1 heterocycles. The van der Waals surface area contributed by atoms with Gasteiger partial charge in [0.05, 0.1) is 5.39 Å². The molecule has 4 N–H and O–H groups in total. The molecular formula is C15H12O5. The lowest BCUT2D eigenvalue weighted by molar-refractivity contribution is 0.400. The zero-order valence-corrected chi connectivity index (χ0v) is 10.3. The van der Waals surface area contributed by atoms with E-state index in [1.54, 1.807) is 12.1 Å². The Bertz CT molecular complexity index is 806. The number of fused-ring (bicyclic) bond motifs is 1. The van der Waals surface area contributed by atoms with Crippen molar-refractivity contribution in [3.05, 3.63) is 58.8 Å². The highest BCUT2D eigenvalue weighted by Gasteiger charge is 2.12. The maximum atomic E-state index is 12.0. The van der Waals surface area contributed by atoms with E-state index in [-0.39, 0.29) is 27.6 Å². The van der Waals surface area contributed by atoms with Crippen molar-refractivity contribution < 1.29 is 20.1 Å². The van der Waals surface area contributed by atoms with E-state index in [1.165, 1.54) is 18.2 Å². The molecule has 0 fully saturated rings. The third kappa shape index (κ3) is 2.10. The lowest BCUT2D eigenvalue weighted by Crippen LogP contribution is -2.00. The van der Waals surface area contributed by atoms with Crippen LogP contribution in [0, 0.1) is 0 Å². The van der Waals surface area contributed by atoms with E-state index in [9.17, 15) is 15.0 Å². The first-order valence-corrected chi connectivity index (χ1v) is 5.71. The van der Waals surface area contributed by atoms with Crippen LogP contribution in [-0.4, -0.2) is 15.7 Å². The predicted octanol–water partition coefficient (Wildman–Crippen LogP) is 2.05. The smallest absolute Gasteiger partial charge is 0.201 e. The number of hydrogen-bond acceptors (Lipinski definition) is 4. The molecule has 5 heteroatoms. The number of aromatic hydroxyl groups is 2. The fourth-order valence-electron chi connectivity index (χ4n) is 1.94. The summed E-state index contributed by atoms with van der Waals surface area (Å²) >= 11 is 0. The van der Waals surface area contributed by atoms with E-state index in [0.717, 1.165) is 5.56 Å². The van der Waals surface area contributed by atoms with Crippen LogP contribution in [-0.2, 0) is 0 Å². The molecule has 3 rings (SSSR count). The molecule has 0 aliphatic heterocycles. The minimum atomic E-state index is -0.424. The zero-order chi connectivity index (χ0) is 13.4. The van der Waals surface area contributed by atoms with Gasteiger partial charge in [-0.15, -0.1) is 0 Å². The monoisotopic (exact) mass is 272 g/mol. The molecule has 0 unspecified atom stereocenters. The summed E-state index contributed by atoms with van der Waals surface area (Å²) in [6, 6.07) is 13.1. The molecule has 0 aliphatic carbocycles. The summed E-state index contributed by atoms with van der Waals surface area (Å²) in [5.41, 5.74) is 0.450. The van der Waals surface area contributed by atoms with Crippen LogP contribution in [0.5, 0.6) is 11.5 Å². The lowest BCUT2D eigenvalue weighted by atomic mass is 10.1. The molecule has 0 saturated carbocycles. The SMILES string of the molecule is O.O=c1cc(-c2ccccc2)oc2c(O)c(O)ccc12. The van der Waals surface area contributed by atoms with Gasteiger partial charge in [-0.05, 0) is 12.1 Å². The number of benzene rings is 2. The van der Waals surface area contributed by atoms with Gasteiger partial charge in [-0.2, -0.15) is 0 Å². The highest BCUT2D eigenvalue weighted by Crippen LogP contribution is 2.34. The maximum absolute atomic E-state index is 12.0. The normalized spacial score (nSPS) is 10.2. The summed E-state index contributed by atoms with van der Waals surface area (Å²) in [6.07, 6.45) is 0. The van der Waals surface area contributed by atoms with E-state index in [0.29, 0.717) is 5.76 Å². The van der Waals surface area contributed by atoms with Crippen molar-refractivity contribution in [2.45, 2.75) is 0 Å². The summed E-state index contributed by atoms with van der Waals surface area (Å²) in [7, 11) is 0. The third-order valence-corrected chi connectivity index (χ3v) is 2.91. The van der Waals surface area contributed by atoms with Crippen molar-refractivity contribution in [3.63, 3.8) is 0 Å². The molecule has 2 aromatic carbocycles. The van der Waals surface area contributed by atoms with Gasteiger partial charge in [0.2, 0.25) is 5.75 Å². The summed E-state index contributed by atoms with van der Waals surface area (Å²) in [5.74, 6) is -0.396. The van der Waals surface area contributed by atoms with E-state index in [4.69, 9.17) is 4.42 Å². The molecule has 5 nitrogen and oxygen atoms in total. The zero-order valence-electron chi connectivity index (χ0n) is 10.3. The van der Waals surface area contributed by atoms with Crippen LogP contribution in [0.4, 0.5) is 0 Å². The molecule has 20 heavy (non-hydrogen) atoms. The van der Waals surface area contributed by atoms with Crippen LogP contribution >= 0.6 is 0 Å². The topological polar surface area (TPSA) is 102 Å². The Labute approximate surface area is 113 Å². The number of hydrogen-bond donors (Lipinski definition) is 2. The lowest BCUT2D eigenvalue weighted by Gasteiger charge is -2.05. The van der Waals surface area contributed by atoms with Gasteiger partial charge in [-0.3, -0.25) is 4.79 Å². The van der Waals surface area contributed by atoms with Crippen LogP contribution in [0.15, 0.2) is 57.7 Å². The van der Waals surface area contributed by atoms with Crippen molar-refractivity contribution in [3.8, 4) is 22.8 Å². The average Bonchev–Trinajstić information content (AvgIpc) is 2.44. The Kier molecular flexibility index (Phi) is 3.45. The summed E-state index contributed by atoms with van der Waals surface area (Å²) in [5, 5.41) is 19.5. The average molecular weight is 272 g/mol. The van der Waals surface area contributed by atoms with Crippen LogP contribution in [0.2, 0.25) is 0 Å². The number of rotatable bonds is 1. The molecule has 0 radical (unpaired) electrons. The second kappa shape index (κ2) is 5.07. The molecule has 102 valence electrons. The maximum Gasteiger partial charge on any atom is 0.201 e. The highest BCUT2D eigenvalue weighted by molar-refractivity contribution is 5.86. The molecule has 0 spiro atoms. The summed E-state index contributed by atoms with van der Waals surface area (Å²) in [4.78, 5) is 12.0. The third-order valence-electron chi connectivity index (χ3n) is 2.91. The van der Waals surface area contributed by atoms with Crippen molar-refractivity contribution in [2.24, 2.45) is 0 Å². The van der Waals surface area contributed by atoms with E-state index in [1.807, 2.05) is 18.2 Å². The first-order chi connectivity index (χ1) is 9.16. The quantitative estimate of drug-likeness (QED) is 0.662. The van der Waals surface area contributed by atoms with Crippen LogP contribution in [0.1, 0.15) is 0 Å². The Balaban J connectivity index is 0.00000147. The van der Waals surface area contributed by atoms with Crippen molar-refractivity contribution in [2.75, 3.05) is 0 Å². The van der Waals surface area contributed by atoms with Crippen molar-refractivity contribution in [1.29, 1.82) is 0 Å². The van der Waals surface area contributed by atoms with E-state index < -0.39 is 5.75 Å². The highest BCUT2D eigenvalue weighted by atomic mass is 16.4. The number of phenolic OH excluding ortho intramolecular Hbond substituents is 2. The van der Waals surface area contributed by atoms with Crippen LogP contribution in [0.25, 0.3) is 22.3 Å². The Hall–Kier alpha value is -2.79. The molecule has 0 saturated heterocycles. The Morgan fingerprint density at radius 3 is 2.35 bits per heavy atom. The second-order valence-corrected chi connectivity index (χ2v) is 4.15. The predicted molar refractivity (Wildman–Crippen MR) is 74.9 cm³/mol. The Morgan fingerprint density at radius 2 is 1.65 bits per heavy atom. The van der Waals surface area contributed by atoms with Gasteiger partial charge in [0.1, 0.15) is 5.76 Å². The van der Waals surface area contributed by atoms with E-state index >= 15 is 0 Å². The molecule has 1 aromatic heterocycles. The van der Waals surface area contributed by atoms with Crippen LogP contribution in [0.3, 0.4) is 0 Å². The fraction of sp³-hybridized carbons (Fsp3) is 0. The minimum Gasteiger partial charge on any atom is -0.504 e. The number of phenols is 2. The molecular weight excluding hydrogens is 260 g/mol. The second-order valence-electron chi connectivity index (χ2n) is 4.15. The molecule has 3 aromatic rings. The fourth-order valence-corrected chi connectivity index (χ4v) is 1.94. The van der Waals surface area contributed by atoms with E-state index in [2.05, 4.69) is 0 Å². The Morgan fingerprint density at radius 1 is 0.950 bits per heavy atom. The summed E-state index contributed by atoms with van der Waals surface area (Å²) < 4.78 is 5.53. The molecule has 0 amide bonds. The largest absolute Gasteiger partial charge is 0.504 e. The van der Waals surface area contributed by atoms with Gasteiger partial charge in [-0.25, -0.2) is 0 Å². The molecule has 0 atom stereocenters. The molecule has 0 bridgehead atoms. The first kappa shape index (κ1) is 13.6. The van der Waals surface area contributed by atoms with Gasteiger partial charge in [0.25, 0.3) is 0 Å². The van der Waals surface area contributed by atoms with Gasteiger partial charge in [0, 0.05) is 11.6 Å². The van der Waals surface area contributed by atoms with Gasteiger partial charge >= 0.3 is 0 Å². The molecule has 0 aliphatic rings. The summed E-state index contributed by atoms with van der Waals surface area (Å²) in [6.45, 7) is 0.